The van der Waals surface area contributed by atoms with E-state index in [4.69, 9.17) is 11.6 Å². The Hall–Kier alpha value is -1.65. The second-order valence-corrected chi connectivity index (χ2v) is 5.95. The summed E-state index contributed by atoms with van der Waals surface area (Å²) in [7, 11) is 0. The molecule has 1 aliphatic heterocycles. The minimum absolute atomic E-state index is 0.0749. The van der Waals surface area contributed by atoms with Gasteiger partial charge in [0.2, 0.25) is 0 Å². The van der Waals surface area contributed by atoms with E-state index in [1.54, 1.807) is 18.3 Å². The Labute approximate surface area is 128 Å². The molecule has 110 valence electrons. The smallest absolute Gasteiger partial charge is 0.253 e. The molecule has 1 amide bonds. The number of carbonyl (C=O) groups excluding carboxylic acids is 1. The fourth-order valence-electron chi connectivity index (χ4n) is 2.80. The molecule has 1 saturated heterocycles. The monoisotopic (exact) mass is 303 g/mol. The SMILES string of the molecule is CC1CNCCC1NC(=O)c1ccc(Cl)c2cccnc12. The van der Waals surface area contributed by atoms with E-state index in [2.05, 4.69) is 22.5 Å². The summed E-state index contributed by atoms with van der Waals surface area (Å²) in [5.41, 5.74) is 1.24. The summed E-state index contributed by atoms with van der Waals surface area (Å²) in [6, 6.07) is 7.41. The lowest BCUT2D eigenvalue weighted by Crippen LogP contribution is -2.48. The molecule has 3 rings (SSSR count). The van der Waals surface area contributed by atoms with Gasteiger partial charge in [0, 0.05) is 17.6 Å². The first-order valence-electron chi connectivity index (χ1n) is 7.21. The van der Waals surface area contributed by atoms with Gasteiger partial charge in [0.15, 0.2) is 0 Å². The van der Waals surface area contributed by atoms with E-state index in [1.165, 1.54) is 0 Å². The first kappa shape index (κ1) is 14.3. The van der Waals surface area contributed by atoms with E-state index in [0.717, 1.165) is 24.9 Å². The number of hydrogen-bond donors (Lipinski definition) is 2. The highest BCUT2D eigenvalue weighted by Gasteiger charge is 2.24. The summed E-state index contributed by atoms with van der Waals surface area (Å²) in [6.45, 7) is 4.02. The standard InChI is InChI=1S/C16H18ClN3O/c1-10-9-18-8-6-14(10)20-16(21)12-4-5-13(17)11-3-2-7-19-15(11)12/h2-5,7,10,14,18H,6,8-9H2,1H3,(H,20,21). The van der Waals surface area contributed by atoms with Crippen LogP contribution in [0.25, 0.3) is 10.9 Å². The predicted molar refractivity (Wildman–Crippen MR) is 84.7 cm³/mol. The molecule has 4 nitrogen and oxygen atoms in total. The van der Waals surface area contributed by atoms with E-state index in [1.807, 2.05) is 12.1 Å². The van der Waals surface area contributed by atoms with Crippen molar-refractivity contribution in [3.8, 4) is 0 Å². The summed E-state index contributed by atoms with van der Waals surface area (Å²) in [6.07, 6.45) is 2.63. The second kappa shape index (κ2) is 6.00. The van der Waals surface area contributed by atoms with Gasteiger partial charge in [-0.1, -0.05) is 18.5 Å². The zero-order chi connectivity index (χ0) is 14.8. The van der Waals surface area contributed by atoms with Crippen LogP contribution in [-0.4, -0.2) is 30.0 Å². The average Bonchev–Trinajstić information content (AvgIpc) is 2.50. The lowest BCUT2D eigenvalue weighted by molar-refractivity contribution is 0.0916. The molecule has 2 aromatic rings. The van der Waals surface area contributed by atoms with Crippen LogP contribution in [0.1, 0.15) is 23.7 Å². The number of rotatable bonds is 2. The van der Waals surface area contributed by atoms with Gasteiger partial charge in [-0.15, -0.1) is 0 Å². The maximum absolute atomic E-state index is 12.6. The van der Waals surface area contributed by atoms with Crippen LogP contribution in [0.2, 0.25) is 5.02 Å². The second-order valence-electron chi connectivity index (χ2n) is 5.54. The number of hydrogen-bond acceptors (Lipinski definition) is 3. The maximum Gasteiger partial charge on any atom is 0.253 e. The lowest BCUT2D eigenvalue weighted by Gasteiger charge is -2.30. The molecule has 2 heterocycles. The number of piperidine rings is 1. The fourth-order valence-corrected chi connectivity index (χ4v) is 3.01. The Balaban J connectivity index is 1.89. The molecule has 2 N–H and O–H groups in total. The first-order valence-corrected chi connectivity index (χ1v) is 7.59. The Morgan fingerprint density at radius 2 is 2.29 bits per heavy atom. The zero-order valence-corrected chi connectivity index (χ0v) is 12.7. The van der Waals surface area contributed by atoms with Gasteiger partial charge < -0.3 is 10.6 Å². The third kappa shape index (κ3) is 2.87. The molecule has 0 saturated carbocycles. The number of halogens is 1. The molecule has 1 aliphatic rings. The van der Waals surface area contributed by atoms with Crippen LogP contribution in [-0.2, 0) is 0 Å². The number of nitrogens with one attached hydrogen (secondary N) is 2. The minimum Gasteiger partial charge on any atom is -0.349 e. The molecular formula is C16H18ClN3O. The van der Waals surface area contributed by atoms with Gasteiger partial charge in [-0.3, -0.25) is 9.78 Å². The molecule has 0 aliphatic carbocycles. The number of fused-ring (bicyclic) bond motifs is 1. The van der Waals surface area contributed by atoms with Crippen molar-refractivity contribution in [3.05, 3.63) is 41.0 Å². The van der Waals surface area contributed by atoms with E-state index in [9.17, 15) is 4.79 Å². The Bertz CT molecular complexity index is 674. The van der Waals surface area contributed by atoms with E-state index in [0.29, 0.717) is 22.0 Å². The number of aromatic nitrogens is 1. The van der Waals surface area contributed by atoms with Gasteiger partial charge in [-0.05, 0) is 49.7 Å². The number of nitrogens with zero attached hydrogens (tertiary/aromatic N) is 1. The topological polar surface area (TPSA) is 54.0 Å². The summed E-state index contributed by atoms with van der Waals surface area (Å²) < 4.78 is 0. The molecule has 2 atom stereocenters. The summed E-state index contributed by atoms with van der Waals surface area (Å²) in [4.78, 5) is 16.9. The summed E-state index contributed by atoms with van der Waals surface area (Å²) >= 11 is 6.17. The van der Waals surface area contributed by atoms with Gasteiger partial charge in [0.05, 0.1) is 16.1 Å². The molecule has 0 bridgehead atoms. The van der Waals surface area contributed by atoms with Gasteiger partial charge in [-0.2, -0.15) is 0 Å². The van der Waals surface area contributed by atoms with Crippen LogP contribution in [0.5, 0.6) is 0 Å². The molecular weight excluding hydrogens is 286 g/mol. The molecule has 5 heteroatoms. The van der Waals surface area contributed by atoms with Crippen LogP contribution in [0, 0.1) is 5.92 Å². The van der Waals surface area contributed by atoms with Crippen molar-refractivity contribution < 1.29 is 4.79 Å². The van der Waals surface area contributed by atoms with Gasteiger partial charge in [0.1, 0.15) is 0 Å². The molecule has 1 aromatic carbocycles. The van der Waals surface area contributed by atoms with Gasteiger partial charge >= 0.3 is 0 Å². The number of benzene rings is 1. The summed E-state index contributed by atoms with van der Waals surface area (Å²) in [5, 5.41) is 7.89. The fraction of sp³-hybridized carbons (Fsp3) is 0.375. The van der Waals surface area contributed by atoms with Crippen LogP contribution in [0.3, 0.4) is 0 Å². The Morgan fingerprint density at radius 1 is 1.43 bits per heavy atom. The maximum atomic E-state index is 12.6. The van der Waals surface area contributed by atoms with Crippen molar-refractivity contribution in [1.82, 2.24) is 15.6 Å². The van der Waals surface area contributed by atoms with Crippen molar-refractivity contribution >= 4 is 28.4 Å². The highest BCUT2D eigenvalue weighted by atomic mass is 35.5. The van der Waals surface area contributed by atoms with Crippen LogP contribution in [0.4, 0.5) is 0 Å². The van der Waals surface area contributed by atoms with Crippen molar-refractivity contribution in [2.24, 2.45) is 5.92 Å². The Kier molecular flexibility index (Phi) is 4.08. The quantitative estimate of drug-likeness (QED) is 0.896. The number of amides is 1. The molecule has 1 fully saturated rings. The van der Waals surface area contributed by atoms with Gasteiger partial charge in [0.25, 0.3) is 5.91 Å². The molecule has 0 spiro atoms. The Morgan fingerprint density at radius 3 is 3.10 bits per heavy atom. The highest BCUT2D eigenvalue weighted by Crippen LogP contribution is 2.25. The highest BCUT2D eigenvalue weighted by molar-refractivity contribution is 6.36. The van der Waals surface area contributed by atoms with E-state index < -0.39 is 0 Å². The van der Waals surface area contributed by atoms with Crippen LogP contribution >= 0.6 is 11.6 Å². The third-order valence-electron chi connectivity index (χ3n) is 4.06. The lowest BCUT2D eigenvalue weighted by atomic mass is 9.95. The molecule has 0 radical (unpaired) electrons. The number of carbonyl (C=O) groups is 1. The van der Waals surface area contributed by atoms with E-state index in [-0.39, 0.29) is 11.9 Å². The van der Waals surface area contributed by atoms with Crippen LogP contribution in [0.15, 0.2) is 30.5 Å². The van der Waals surface area contributed by atoms with Gasteiger partial charge in [-0.25, -0.2) is 0 Å². The number of pyridine rings is 1. The minimum atomic E-state index is -0.0749. The third-order valence-corrected chi connectivity index (χ3v) is 4.39. The first-order chi connectivity index (χ1) is 10.2. The normalized spacial score (nSPS) is 22.2. The van der Waals surface area contributed by atoms with Crippen LogP contribution < -0.4 is 10.6 Å². The van der Waals surface area contributed by atoms with Crippen molar-refractivity contribution in [2.45, 2.75) is 19.4 Å². The van der Waals surface area contributed by atoms with Crippen molar-refractivity contribution in [1.29, 1.82) is 0 Å². The molecule has 2 unspecified atom stereocenters. The molecule has 1 aromatic heterocycles. The van der Waals surface area contributed by atoms with Crippen molar-refractivity contribution in [3.63, 3.8) is 0 Å². The predicted octanol–water partition coefficient (Wildman–Crippen LogP) is 2.62. The summed E-state index contributed by atoms with van der Waals surface area (Å²) in [5.74, 6) is 0.350. The average molecular weight is 304 g/mol. The largest absolute Gasteiger partial charge is 0.349 e. The van der Waals surface area contributed by atoms with E-state index >= 15 is 0 Å². The zero-order valence-electron chi connectivity index (χ0n) is 11.9. The molecule has 21 heavy (non-hydrogen) atoms. The van der Waals surface area contributed by atoms with Crippen molar-refractivity contribution in [2.75, 3.05) is 13.1 Å².